The first-order valence-electron chi connectivity index (χ1n) is 6.09. The minimum Gasteiger partial charge on any atom is -0.352 e. The summed E-state index contributed by atoms with van der Waals surface area (Å²) in [7, 11) is 1.94. The number of carbonyl (C=O) groups is 1. The molecule has 2 aromatic rings. The van der Waals surface area contributed by atoms with Crippen LogP contribution in [0.1, 0.15) is 21.7 Å². The van der Waals surface area contributed by atoms with Gasteiger partial charge in [-0.2, -0.15) is 0 Å². The van der Waals surface area contributed by atoms with E-state index in [9.17, 15) is 4.79 Å². The van der Waals surface area contributed by atoms with Crippen molar-refractivity contribution in [2.24, 2.45) is 7.05 Å². The van der Waals surface area contributed by atoms with Gasteiger partial charge in [0.15, 0.2) is 0 Å². The standard InChI is InChI=1S/C14H16ClN3O/c1-10-11(4-3-5-12(10)15)14(19)17-7-6-13-16-8-9-18(13)2/h3-5,8-9H,6-7H2,1-2H3,(H,17,19). The fourth-order valence-corrected chi connectivity index (χ4v) is 2.05. The molecule has 2 rings (SSSR count). The maximum absolute atomic E-state index is 12.0. The van der Waals surface area contributed by atoms with Crippen molar-refractivity contribution in [3.05, 3.63) is 52.6 Å². The number of benzene rings is 1. The smallest absolute Gasteiger partial charge is 0.251 e. The second-order valence-corrected chi connectivity index (χ2v) is 4.78. The second-order valence-electron chi connectivity index (χ2n) is 4.37. The van der Waals surface area contributed by atoms with Gasteiger partial charge in [-0.15, -0.1) is 0 Å². The summed E-state index contributed by atoms with van der Waals surface area (Å²) in [6.45, 7) is 2.39. The number of aryl methyl sites for hydroxylation is 1. The van der Waals surface area contributed by atoms with Crippen LogP contribution < -0.4 is 5.32 Å². The highest BCUT2D eigenvalue weighted by molar-refractivity contribution is 6.31. The van der Waals surface area contributed by atoms with Gasteiger partial charge in [-0.3, -0.25) is 4.79 Å². The molecule has 0 spiro atoms. The summed E-state index contributed by atoms with van der Waals surface area (Å²) in [5.41, 5.74) is 1.42. The SMILES string of the molecule is Cc1c(Cl)cccc1C(=O)NCCc1nccn1C. The van der Waals surface area contributed by atoms with Crippen LogP contribution in [0.25, 0.3) is 0 Å². The summed E-state index contributed by atoms with van der Waals surface area (Å²) in [6.07, 6.45) is 4.34. The van der Waals surface area contributed by atoms with Crippen LogP contribution in [0.2, 0.25) is 5.02 Å². The van der Waals surface area contributed by atoms with Gasteiger partial charge in [0, 0.05) is 43.0 Å². The first-order chi connectivity index (χ1) is 9.09. The molecule has 1 amide bonds. The van der Waals surface area contributed by atoms with E-state index < -0.39 is 0 Å². The number of amides is 1. The fourth-order valence-electron chi connectivity index (χ4n) is 1.87. The normalized spacial score (nSPS) is 10.5. The van der Waals surface area contributed by atoms with Crippen molar-refractivity contribution in [3.63, 3.8) is 0 Å². The highest BCUT2D eigenvalue weighted by Crippen LogP contribution is 2.18. The zero-order valence-electron chi connectivity index (χ0n) is 11.0. The molecule has 0 aliphatic carbocycles. The van der Waals surface area contributed by atoms with E-state index in [1.807, 2.05) is 24.7 Å². The third-order valence-electron chi connectivity index (χ3n) is 3.07. The van der Waals surface area contributed by atoms with Gasteiger partial charge in [-0.05, 0) is 24.6 Å². The monoisotopic (exact) mass is 277 g/mol. The number of rotatable bonds is 4. The minimum absolute atomic E-state index is 0.103. The average Bonchev–Trinajstić information content (AvgIpc) is 2.78. The second kappa shape index (κ2) is 5.89. The molecule has 100 valence electrons. The highest BCUT2D eigenvalue weighted by atomic mass is 35.5. The summed E-state index contributed by atoms with van der Waals surface area (Å²) in [5.74, 6) is 0.845. The van der Waals surface area contributed by atoms with Gasteiger partial charge in [0.1, 0.15) is 5.82 Å². The summed E-state index contributed by atoms with van der Waals surface area (Å²) in [4.78, 5) is 16.2. The number of nitrogens with zero attached hydrogens (tertiary/aromatic N) is 2. The Kier molecular flexibility index (Phi) is 4.22. The van der Waals surface area contributed by atoms with E-state index in [1.54, 1.807) is 24.4 Å². The molecule has 0 bridgehead atoms. The van der Waals surface area contributed by atoms with Gasteiger partial charge in [0.2, 0.25) is 0 Å². The fraction of sp³-hybridized carbons (Fsp3) is 0.286. The van der Waals surface area contributed by atoms with Crippen molar-refractivity contribution < 1.29 is 4.79 Å². The van der Waals surface area contributed by atoms with Crippen LogP contribution in [-0.2, 0) is 13.5 Å². The summed E-state index contributed by atoms with van der Waals surface area (Å²) in [5, 5.41) is 3.49. The summed E-state index contributed by atoms with van der Waals surface area (Å²) in [6, 6.07) is 5.34. The molecule has 1 heterocycles. The van der Waals surface area contributed by atoms with Crippen molar-refractivity contribution in [2.75, 3.05) is 6.54 Å². The van der Waals surface area contributed by atoms with E-state index in [0.29, 0.717) is 23.6 Å². The molecule has 5 heteroatoms. The minimum atomic E-state index is -0.103. The van der Waals surface area contributed by atoms with E-state index >= 15 is 0 Å². The summed E-state index contributed by atoms with van der Waals surface area (Å²) < 4.78 is 1.94. The van der Waals surface area contributed by atoms with Crippen molar-refractivity contribution in [1.82, 2.24) is 14.9 Å². The average molecular weight is 278 g/mol. The van der Waals surface area contributed by atoms with Crippen molar-refractivity contribution in [3.8, 4) is 0 Å². The third-order valence-corrected chi connectivity index (χ3v) is 3.48. The Labute approximate surface area is 117 Å². The predicted octanol–water partition coefficient (Wildman–Crippen LogP) is 2.35. The van der Waals surface area contributed by atoms with E-state index in [4.69, 9.17) is 11.6 Å². The van der Waals surface area contributed by atoms with Gasteiger partial charge in [-0.1, -0.05) is 17.7 Å². The lowest BCUT2D eigenvalue weighted by Gasteiger charge is -2.08. The first kappa shape index (κ1) is 13.6. The lowest BCUT2D eigenvalue weighted by Crippen LogP contribution is -2.27. The molecule has 1 aromatic heterocycles. The molecular weight excluding hydrogens is 262 g/mol. The lowest BCUT2D eigenvalue weighted by atomic mass is 10.1. The van der Waals surface area contributed by atoms with Crippen molar-refractivity contribution in [2.45, 2.75) is 13.3 Å². The molecule has 0 aliphatic heterocycles. The van der Waals surface area contributed by atoms with Gasteiger partial charge < -0.3 is 9.88 Å². The van der Waals surface area contributed by atoms with E-state index in [2.05, 4.69) is 10.3 Å². The molecule has 0 radical (unpaired) electrons. The van der Waals surface area contributed by atoms with Crippen molar-refractivity contribution >= 4 is 17.5 Å². The van der Waals surface area contributed by atoms with Gasteiger partial charge in [0.05, 0.1) is 0 Å². The number of nitrogens with one attached hydrogen (secondary N) is 1. The number of halogens is 1. The lowest BCUT2D eigenvalue weighted by molar-refractivity contribution is 0.0953. The maximum atomic E-state index is 12.0. The largest absolute Gasteiger partial charge is 0.352 e. The van der Waals surface area contributed by atoms with Crippen molar-refractivity contribution in [1.29, 1.82) is 0 Å². The molecule has 1 N–H and O–H groups in total. The molecular formula is C14H16ClN3O. The van der Waals surface area contributed by atoms with Crippen LogP contribution in [0, 0.1) is 6.92 Å². The number of hydrogen-bond donors (Lipinski definition) is 1. The molecule has 0 aliphatic rings. The van der Waals surface area contributed by atoms with E-state index in [1.165, 1.54) is 0 Å². The van der Waals surface area contributed by atoms with Crippen LogP contribution in [0.3, 0.4) is 0 Å². The predicted molar refractivity (Wildman–Crippen MR) is 75.4 cm³/mol. The Balaban J connectivity index is 1.95. The molecule has 1 aromatic carbocycles. The van der Waals surface area contributed by atoms with Crippen LogP contribution in [0.15, 0.2) is 30.6 Å². The van der Waals surface area contributed by atoms with Crippen LogP contribution >= 0.6 is 11.6 Å². The quantitative estimate of drug-likeness (QED) is 0.932. The van der Waals surface area contributed by atoms with Gasteiger partial charge in [0.25, 0.3) is 5.91 Å². The number of aromatic nitrogens is 2. The zero-order valence-corrected chi connectivity index (χ0v) is 11.7. The van der Waals surface area contributed by atoms with E-state index in [0.717, 1.165) is 11.4 Å². The Morgan fingerprint density at radius 1 is 1.47 bits per heavy atom. The number of imidazole rings is 1. The van der Waals surface area contributed by atoms with Gasteiger partial charge in [-0.25, -0.2) is 4.98 Å². The Bertz CT molecular complexity index is 592. The molecule has 0 fully saturated rings. The van der Waals surface area contributed by atoms with Crippen LogP contribution in [0.4, 0.5) is 0 Å². The Morgan fingerprint density at radius 3 is 2.95 bits per heavy atom. The molecule has 0 saturated heterocycles. The highest BCUT2D eigenvalue weighted by Gasteiger charge is 2.10. The zero-order chi connectivity index (χ0) is 13.8. The first-order valence-corrected chi connectivity index (χ1v) is 6.47. The molecule has 0 unspecified atom stereocenters. The Hall–Kier alpha value is -1.81. The molecule has 19 heavy (non-hydrogen) atoms. The maximum Gasteiger partial charge on any atom is 0.251 e. The number of carbonyl (C=O) groups excluding carboxylic acids is 1. The Morgan fingerprint density at radius 2 is 2.26 bits per heavy atom. The third kappa shape index (κ3) is 3.15. The van der Waals surface area contributed by atoms with Crippen LogP contribution in [0.5, 0.6) is 0 Å². The molecule has 4 nitrogen and oxygen atoms in total. The number of hydrogen-bond acceptors (Lipinski definition) is 2. The molecule has 0 saturated carbocycles. The summed E-state index contributed by atoms with van der Waals surface area (Å²) >= 11 is 6.00. The van der Waals surface area contributed by atoms with Gasteiger partial charge >= 0.3 is 0 Å². The van der Waals surface area contributed by atoms with E-state index in [-0.39, 0.29) is 5.91 Å². The topological polar surface area (TPSA) is 46.9 Å². The van der Waals surface area contributed by atoms with Crippen LogP contribution in [-0.4, -0.2) is 22.0 Å². The molecule has 0 atom stereocenters.